The van der Waals surface area contributed by atoms with Gasteiger partial charge in [-0.1, -0.05) is 19.1 Å². The molecule has 0 heterocycles. The molecule has 2 aliphatic rings. The van der Waals surface area contributed by atoms with Crippen LogP contribution in [0, 0.1) is 5.92 Å². The van der Waals surface area contributed by atoms with E-state index in [1.807, 2.05) is 6.92 Å². The summed E-state index contributed by atoms with van der Waals surface area (Å²) in [5, 5.41) is 22.1. The highest BCUT2D eigenvalue weighted by Crippen LogP contribution is 2.50. The van der Waals surface area contributed by atoms with Crippen LogP contribution in [0.4, 0.5) is 0 Å². The quantitative estimate of drug-likeness (QED) is 0.637. The molecule has 0 fully saturated rings. The molecular weight excluding hydrogens is 388 g/mol. The summed E-state index contributed by atoms with van der Waals surface area (Å²) in [7, 11) is 2.83. The first-order valence-electron chi connectivity index (χ1n) is 9.70. The van der Waals surface area contributed by atoms with Crippen LogP contribution in [-0.2, 0) is 16.0 Å². The average molecular weight is 410 g/mol. The molecule has 0 aromatic heterocycles. The van der Waals surface area contributed by atoms with E-state index in [2.05, 4.69) is 0 Å². The van der Waals surface area contributed by atoms with Crippen molar-refractivity contribution in [1.29, 1.82) is 0 Å². The number of hydrogen-bond donors (Lipinski definition) is 2. The number of fused-ring (bicyclic) bond motifs is 3. The Morgan fingerprint density at radius 1 is 1.07 bits per heavy atom. The number of benzene rings is 2. The Labute approximate surface area is 173 Å². The number of hydrogen-bond acceptors (Lipinski definition) is 7. The molecule has 30 heavy (non-hydrogen) atoms. The summed E-state index contributed by atoms with van der Waals surface area (Å²) >= 11 is 0. The molecule has 0 aliphatic heterocycles. The van der Waals surface area contributed by atoms with E-state index < -0.39 is 17.5 Å². The molecule has 2 aromatic carbocycles. The van der Waals surface area contributed by atoms with Gasteiger partial charge in [0.1, 0.15) is 23.9 Å². The van der Waals surface area contributed by atoms with E-state index in [4.69, 9.17) is 9.47 Å². The van der Waals surface area contributed by atoms with Gasteiger partial charge in [-0.2, -0.15) is 0 Å². The Kier molecular flexibility index (Phi) is 4.86. The van der Waals surface area contributed by atoms with Crippen molar-refractivity contribution in [1.82, 2.24) is 0 Å². The molecule has 156 valence electrons. The third-order valence-electron chi connectivity index (χ3n) is 6.08. The van der Waals surface area contributed by atoms with E-state index in [-0.39, 0.29) is 64.2 Å². The number of ether oxygens (including phenoxy) is 2. The largest absolute Gasteiger partial charge is 0.507 e. The van der Waals surface area contributed by atoms with Gasteiger partial charge >= 0.3 is 0 Å². The van der Waals surface area contributed by atoms with Crippen LogP contribution >= 0.6 is 0 Å². The van der Waals surface area contributed by atoms with Crippen molar-refractivity contribution in [3.8, 4) is 17.2 Å². The molecule has 2 N–H and O–H groups in total. The van der Waals surface area contributed by atoms with Crippen LogP contribution in [0.5, 0.6) is 17.2 Å². The zero-order valence-corrected chi connectivity index (χ0v) is 16.9. The van der Waals surface area contributed by atoms with Gasteiger partial charge in [-0.15, -0.1) is 0 Å². The number of carbonyl (C=O) groups excluding carboxylic acids is 3. The van der Waals surface area contributed by atoms with Gasteiger partial charge in [0.25, 0.3) is 0 Å². The lowest BCUT2D eigenvalue weighted by atomic mass is 9.71. The van der Waals surface area contributed by atoms with E-state index >= 15 is 0 Å². The Balaban J connectivity index is 1.94. The molecule has 0 saturated carbocycles. The van der Waals surface area contributed by atoms with Crippen LogP contribution in [-0.4, -0.2) is 48.4 Å². The third-order valence-corrected chi connectivity index (χ3v) is 6.08. The first-order valence-corrected chi connectivity index (χ1v) is 9.70. The molecule has 2 atom stereocenters. The summed E-state index contributed by atoms with van der Waals surface area (Å²) in [5.74, 6) is -2.36. The molecule has 2 aromatic rings. The summed E-state index contributed by atoms with van der Waals surface area (Å²) in [6, 6.07) is 4.65. The fraction of sp³-hybridized carbons (Fsp3) is 0.348. The molecule has 1 unspecified atom stereocenters. The van der Waals surface area contributed by atoms with Gasteiger partial charge in [0.05, 0.1) is 23.8 Å². The molecule has 0 spiro atoms. The van der Waals surface area contributed by atoms with Crippen LogP contribution in [0.1, 0.15) is 62.2 Å². The van der Waals surface area contributed by atoms with E-state index in [9.17, 15) is 24.6 Å². The summed E-state index contributed by atoms with van der Waals surface area (Å²) in [4.78, 5) is 38.9. The summed E-state index contributed by atoms with van der Waals surface area (Å²) < 4.78 is 10.2. The Hall–Kier alpha value is -3.19. The first-order chi connectivity index (χ1) is 14.3. The van der Waals surface area contributed by atoms with Gasteiger partial charge in [0, 0.05) is 29.7 Å². The third kappa shape index (κ3) is 2.73. The van der Waals surface area contributed by atoms with Crippen LogP contribution in [0.25, 0.3) is 0 Å². The second kappa shape index (κ2) is 7.25. The fourth-order valence-corrected chi connectivity index (χ4v) is 4.74. The Morgan fingerprint density at radius 2 is 1.77 bits per heavy atom. The minimum absolute atomic E-state index is 0.0466. The maximum atomic E-state index is 13.3. The second-order valence-electron chi connectivity index (χ2n) is 7.82. The van der Waals surface area contributed by atoms with Crippen molar-refractivity contribution in [2.75, 3.05) is 20.8 Å². The predicted molar refractivity (Wildman–Crippen MR) is 107 cm³/mol. The van der Waals surface area contributed by atoms with Gasteiger partial charge < -0.3 is 19.7 Å². The first kappa shape index (κ1) is 20.1. The zero-order valence-electron chi connectivity index (χ0n) is 16.9. The number of aromatic hydroxyl groups is 2. The Morgan fingerprint density at radius 3 is 2.43 bits per heavy atom. The van der Waals surface area contributed by atoms with Gasteiger partial charge in [0.15, 0.2) is 11.6 Å². The number of Topliss-reactive ketones (excluding diaryl/α,β-unsaturated/α-hetero) is 1. The molecule has 7 heteroatoms. The van der Waals surface area contributed by atoms with Crippen molar-refractivity contribution >= 4 is 17.3 Å². The monoisotopic (exact) mass is 410 g/mol. The molecule has 0 bridgehead atoms. The highest BCUT2D eigenvalue weighted by molar-refractivity contribution is 6.31. The molecule has 2 aliphatic carbocycles. The molecule has 7 nitrogen and oxygen atoms in total. The normalized spacial score (nSPS) is 19.7. The van der Waals surface area contributed by atoms with Gasteiger partial charge in [-0.3, -0.25) is 14.4 Å². The fourth-order valence-electron chi connectivity index (χ4n) is 4.74. The topological polar surface area (TPSA) is 110 Å². The lowest BCUT2D eigenvalue weighted by Crippen LogP contribution is -2.29. The van der Waals surface area contributed by atoms with Crippen LogP contribution in [0.3, 0.4) is 0 Å². The summed E-state index contributed by atoms with van der Waals surface area (Å²) in [6.45, 7) is 1.77. The van der Waals surface area contributed by atoms with Crippen molar-refractivity contribution in [2.24, 2.45) is 5.92 Å². The van der Waals surface area contributed by atoms with E-state index in [1.54, 1.807) is 12.1 Å². The highest BCUT2D eigenvalue weighted by Gasteiger charge is 2.42. The molecule has 0 radical (unpaired) electrons. The minimum atomic E-state index is -0.572. The maximum Gasteiger partial charge on any atom is 0.202 e. The predicted octanol–water partition coefficient (Wildman–Crippen LogP) is 2.76. The van der Waals surface area contributed by atoms with Gasteiger partial charge in [0.2, 0.25) is 5.78 Å². The maximum absolute atomic E-state index is 13.3. The smallest absolute Gasteiger partial charge is 0.202 e. The second-order valence-corrected chi connectivity index (χ2v) is 7.82. The molecular formula is C23H22O7. The van der Waals surface area contributed by atoms with Crippen molar-refractivity contribution in [2.45, 2.75) is 25.7 Å². The zero-order chi connectivity index (χ0) is 21.7. The molecule has 4 rings (SSSR count). The van der Waals surface area contributed by atoms with Crippen molar-refractivity contribution < 1.29 is 34.1 Å². The van der Waals surface area contributed by atoms with Crippen LogP contribution in [0.2, 0.25) is 0 Å². The summed E-state index contributed by atoms with van der Waals surface area (Å²) in [6.07, 6.45) is 0.615. The van der Waals surface area contributed by atoms with Crippen LogP contribution in [0.15, 0.2) is 18.2 Å². The van der Waals surface area contributed by atoms with Crippen molar-refractivity contribution in [3.63, 3.8) is 0 Å². The lowest BCUT2D eigenvalue weighted by molar-refractivity contribution is -0.127. The summed E-state index contributed by atoms with van der Waals surface area (Å²) in [5.41, 5.74) is 0.506. The number of phenols is 2. The van der Waals surface area contributed by atoms with Gasteiger partial charge in [-0.05, 0) is 24.8 Å². The Bertz CT molecular complexity index is 1100. The van der Waals surface area contributed by atoms with E-state index in [0.29, 0.717) is 17.5 Å². The lowest BCUT2D eigenvalue weighted by Gasteiger charge is -2.32. The average Bonchev–Trinajstić information content (AvgIpc) is 2.73. The molecule has 0 saturated heterocycles. The number of methoxy groups -OCH3 is 2. The number of phenolic OH excluding ortho intramolecular Hbond substituents is 2. The standard InChI is InChI=1S/C23H22O7/c1-10-7-11(14(24)9-29-2)8-13-16(10)22(27)19-18(21(13)26)20(25)12-5-4-6-15(30-3)17(12)23(19)28/h4-6,10-11,26-27H,7-9H2,1-3H3/t10-,11?/m0/s1. The van der Waals surface area contributed by atoms with Crippen LogP contribution < -0.4 is 4.74 Å². The number of ketones is 3. The van der Waals surface area contributed by atoms with Crippen molar-refractivity contribution in [3.05, 3.63) is 51.6 Å². The molecule has 0 amide bonds. The van der Waals surface area contributed by atoms with Gasteiger partial charge in [-0.25, -0.2) is 0 Å². The number of carbonyl (C=O) groups is 3. The van der Waals surface area contributed by atoms with E-state index in [0.717, 1.165) is 0 Å². The highest BCUT2D eigenvalue weighted by atomic mass is 16.5. The SMILES string of the molecule is COCC(=O)C1Cc2c(O)c3c(c(O)c2[C@@H](C)C1)C(=O)c1c(OC)cccc1C3=O. The minimum Gasteiger partial charge on any atom is -0.507 e. The van der Waals surface area contributed by atoms with E-state index in [1.165, 1.54) is 20.3 Å². The number of rotatable bonds is 4.